The Kier molecular flexibility index (Phi) is 5.87. The molecule has 23 heavy (non-hydrogen) atoms. The number of hydrogen-bond donors (Lipinski definition) is 0. The van der Waals surface area contributed by atoms with Gasteiger partial charge in [0.2, 0.25) is 0 Å². The van der Waals surface area contributed by atoms with Crippen LogP contribution >= 0.6 is 22.6 Å². The average molecular weight is 487 g/mol. The first-order valence-corrected chi connectivity index (χ1v) is 9.12. The Hall–Kier alpha value is -1.13. The molecule has 0 aliphatic heterocycles. The lowest BCUT2D eigenvalue weighted by Gasteiger charge is -2.14. The lowest BCUT2D eigenvalue weighted by molar-refractivity contribution is -0.220. The predicted molar refractivity (Wildman–Crippen MR) is 75.0 cm³/mol. The van der Waals surface area contributed by atoms with Gasteiger partial charge in [0.25, 0.3) is 0 Å². The maximum atomic E-state index is 12.0. The molecule has 0 saturated carbocycles. The van der Waals surface area contributed by atoms with Crippen LogP contribution < -0.4 is 9.84 Å². The summed E-state index contributed by atoms with van der Waals surface area (Å²) in [6.07, 6.45) is 0. The molecule has 0 bridgehead atoms. The standard InChI is InChI=1S/C9H7F3INO7S2/c10-9(11,12)23(19,20)14-8(15)4-21-5-1-2-7(6(13)3-5)22(16,17)18/h1-3H,4H2,(H,14,15)(H,16,17,18)/p-2. The first-order valence-electron chi connectivity index (χ1n) is 5.19. The van der Waals surface area contributed by atoms with Gasteiger partial charge in [-0.2, -0.15) is 26.0 Å². The van der Waals surface area contributed by atoms with Crippen LogP contribution in [0.2, 0.25) is 0 Å². The minimum Gasteiger partial charge on any atom is -0.859 e. The lowest BCUT2D eigenvalue weighted by atomic mass is 10.3. The fraction of sp³-hybridized carbons (Fsp3) is 0.222. The highest BCUT2D eigenvalue weighted by Crippen LogP contribution is 2.25. The van der Waals surface area contributed by atoms with E-state index in [4.69, 9.17) is 4.74 Å². The molecular formula is C9H5F3INO7S2-2. The first kappa shape index (κ1) is 19.9. The smallest absolute Gasteiger partial charge is 0.518 e. The zero-order chi connectivity index (χ0) is 18.1. The Morgan fingerprint density at radius 1 is 1.26 bits per heavy atom. The van der Waals surface area contributed by atoms with Crippen molar-refractivity contribution >= 4 is 48.6 Å². The second kappa shape index (κ2) is 6.78. The van der Waals surface area contributed by atoms with E-state index in [1.807, 2.05) is 4.40 Å². The highest BCUT2D eigenvalue weighted by Gasteiger charge is 2.45. The predicted octanol–water partition coefficient (Wildman–Crippen LogP) is 0.183. The van der Waals surface area contributed by atoms with Crippen LogP contribution in [-0.2, 0) is 20.1 Å². The van der Waals surface area contributed by atoms with E-state index in [0.29, 0.717) is 0 Å². The summed E-state index contributed by atoms with van der Waals surface area (Å²) in [4.78, 5) is -0.555. The lowest BCUT2D eigenvalue weighted by Crippen LogP contribution is -2.30. The van der Waals surface area contributed by atoms with Crippen molar-refractivity contribution in [1.29, 1.82) is 0 Å². The number of halogens is 4. The Labute approximate surface area is 141 Å². The van der Waals surface area contributed by atoms with Crippen LogP contribution in [0, 0.1) is 3.57 Å². The molecule has 0 amide bonds. The maximum absolute atomic E-state index is 12.0. The van der Waals surface area contributed by atoms with Gasteiger partial charge in [-0.25, -0.2) is 8.42 Å². The van der Waals surface area contributed by atoms with Gasteiger partial charge in [0, 0.05) is 9.47 Å². The molecule has 0 aromatic heterocycles. The summed E-state index contributed by atoms with van der Waals surface area (Å²) in [6, 6.07) is 2.86. The molecule has 1 aromatic carbocycles. The summed E-state index contributed by atoms with van der Waals surface area (Å²) in [5.41, 5.74) is -5.71. The average Bonchev–Trinajstić information content (AvgIpc) is 2.33. The molecular weight excluding hydrogens is 482 g/mol. The molecule has 1 rings (SSSR count). The van der Waals surface area contributed by atoms with Crippen molar-refractivity contribution in [3.63, 3.8) is 0 Å². The number of sulfonamides is 1. The van der Waals surface area contributed by atoms with Gasteiger partial charge in [-0.15, -0.1) is 0 Å². The molecule has 14 heteroatoms. The summed E-state index contributed by atoms with van der Waals surface area (Å²) >= 11 is 1.49. The SMILES string of the molecule is O=S(=O)([O-])c1ccc(OC/C([O-])=N\S(=O)(=O)C(F)(F)F)cc1I. The minimum atomic E-state index is -5.96. The summed E-state index contributed by atoms with van der Waals surface area (Å²) in [5, 5.41) is 11.1. The molecule has 0 spiro atoms. The molecule has 0 radical (unpaired) electrons. The summed E-state index contributed by atoms with van der Waals surface area (Å²) in [5.74, 6) is -1.88. The van der Waals surface area contributed by atoms with Crippen LogP contribution in [-0.4, -0.2) is 39.4 Å². The Bertz CT molecular complexity index is 833. The van der Waals surface area contributed by atoms with Crippen molar-refractivity contribution in [3.8, 4) is 5.75 Å². The number of benzene rings is 1. The van der Waals surface area contributed by atoms with Gasteiger partial charge >= 0.3 is 15.5 Å². The zero-order valence-corrected chi connectivity index (χ0v) is 14.4. The molecule has 0 aliphatic carbocycles. The van der Waals surface area contributed by atoms with Gasteiger partial charge < -0.3 is 14.4 Å². The fourth-order valence-corrected chi connectivity index (χ4v) is 3.38. The van der Waals surface area contributed by atoms with Crippen molar-refractivity contribution in [2.75, 3.05) is 6.61 Å². The molecule has 0 fully saturated rings. The van der Waals surface area contributed by atoms with Crippen LogP contribution in [0.4, 0.5) is 13.2 Å². The van der Waals surface area contributed by atoms with Gasteiger partial charge in [-0.05, 0) is 40.8 Å². The van der Waals surface area contributed by atoms with Crippen molar-refractivity contribution in [1.82, 2.24) is 0 Å². The van der Waals surface area contributed by atoms with Crippen LogP contribution in [0.1, 0.15) is 0 Å². The number of rotatable bonds is 5. The molecule has 0 saturated heterocycles. The maximum Gasteiger partial charge on any atom is 0.518 e. The Morgan fingerprint density at radius 2 is 1.83 bits per heavy atom. The molecule has 8 nitrogen and oxygen atoms in total. The second-order valence-corrected chi connectivity index (χ2v) is 7.85. The first-order chi connectivity index (χ1) is 10.2. The summed E-state index contributed by atoms with van der Waals surface area (Å²) in [6.45, 7) is -1.13. The van der Waals surface area contributed by atoms with Crippen LogP contribution in [0.3, 0.4) is 0 Å². The third kappa shape index (κ3) is 5.47. The van der Waals surface area contributed by atoms with Crippen molar-refractivity contribution in [2.45, 2.75) is 10.4 Å². The van der Waals surface area contributed by atoms with E-state index in [-0.39, 0.29) is 9.32 Å². The van der Waals surface area contributed by atoms with Crippen LogP contribution in [0.15, 0.2) is 27.5 Å². The summed E-state index contributed by atoms with van der Waals surface area (Å²) in [7, 11) is -10.7. The molecule has 0 atom stereocenters. The highest BCUT2D eigenvalue weighted by atomic mass is 127. The van der Waals surface area contributed by atoms with E-state index in [0.717, 1.165) is 18.2 Å². The van der Waals surface area contributed by atoms with E-state index < -0.39 is 43.0 Å². The Balaban J connectivity index is 2.90. The number of ether oxygens (including phenoxy) is 1. The van der Waals surface area contributed by atoms with Gasteiger partial charge in [0.1, 0.15) is 22.5 Å². The van der Waals surface area contributed by atoms with Crippen molar-refractivity contribution in [2.24, 2.45) is 4.40 Å². The molecule has 0 unspecified atom stereocenters. The van der Waals surface area contributed by atoms with E-state index in [2.05, 4.69) is 0 Å². The quantitative estimate of drug-likeness (QED) is 0.250. The minimum absolute atomic E-state index is 0.0533. The largest absolute Gasteiger partial charge is 0.859 e. The van der Waals surface area contributed by atoms with E-state index in [1.54, 1.807) is 0 Å². The van der Waals surface area contributed by atoms with Crippen molar-refractivity contribution in [3.05, 3.63) is 21.8 Å². The van der Waals surface area contributed by atoms with Crippen LogP contribution in [0.25, 0.3) is 0 Å². The Morgan fingerprint density at radius 3 is 2.26 bits per heavy atom. The molecule has 0 N–H and O–H groups in total. The van der Waals surface area contributed by atoms with E-state index in [1.165, 1.54) is 22.6 Å². The summed E-state index contributed by atoms with van der Waals surface area (Å²) < 4.78 is 96.4. The van der Waals surface area contributed by atoms with E-state index >= 15 is 0 Å². The topological polar surface area (TPSA) is 136 Å². The molecule has 1 aromatic rings. The third-order valence-corrected chi connectivity index (χ3v) is 5.23. The monoisotopic (exact) mass is 487 g/mol. The number of nitrogens with zero attached hydrogens (tertiary/aromatic N) is 1. The highest BCUT2D eigenvalue weighted by molar-refractivity contribution is 14.1. The molecule has 0 aliphatic rings. The number of alkyl halides is 3. The number of hydrogen-bond acceptors (Lipinski definition) is 7. The van der Waals surface area contributed by atoms with Gasteiger partial charge in [-0.1, -0.05) is 0 Å². The van der Waals surface area contributed by atoms with Crippen molar-refractivity contribution < 1.29 is 44.4 Å². The third-order valence-electron chi connectivity index (χ3n) is 2.05. The van der Waals surface area contributed by atoms with Gasteiger partial charge in [0.05, 0.1) is 4.90 Å². The van der Waals surface area contributed by atoms with Gasteiger partial charge in [0.15, 0.2) is 0 Å². The fourth-order valence-electron chi connectivity index (χ4n) is 1.13. The normalized spacial score (nSPS) is 13.9. The molecule has 0 heterocycles. The van der Waals surface area contributed by atoms with Gasteiger partial charge in [-0.3, -0.25) is 0 Å². The van der Waals surface area contributed by atoms with E-state index in [9.17, 15) is 39.7 Å². The zero-order valence-electron chi connectivity index (χ0n) is 10.6. The van der Waals surface area contributed by atoms with Crippen LogP contribution in [0.5, 0.6) is 5.75 Å². The second-order valence-electron chi connectivity index (χ2n) is 3.74. The molecule has 130 valence electrons.